The molecule has 1 aromatic heterocycles. The number of fused-ring (bicyclic) bond motifs is 1. The van der Waals surface area contributed by atoms with Crippen LogP contribution in [0.5, 0.6) is 17.4 Å². The van der Waals surface area contributed by atoms with E-state index in [4.69, 9.17) is 14.2 Å². The van der Waals surface area contributed by atoms with E-state index >= 15 is 0 Å². The first kappa shape index (κ1) is 17.6. The summed E-state index contributed by atoms with van der Waals surface area (Å²) in [6.07, 6.45) is 3.82. The van der Waals surface area contributed by atoms with Crippen molar-refractivity contribution < 1.29 is 19.0 Å². The van der Waals surface area contributed by atoms with Gasteiger partial charge in [-0.3, -0.25) is 4.79 Å². The zero-order valence-corrected chi connectivity index (χ0v) is 15.6. The summed E-state index contributed by atoms with van der Waals surface area (Å²) in [5, 5.41) is 3.16. The molecule has 1 fully saturated rings. The molecule has 0 saturated heterocycles. The standard InChI is InChI=1S/C21H24N2O4/c1-13(2)27-19-8-6-16(12-22-19)21(24)23-20(14-3-4-14)15-5-7-17-18(11-15)26-10-9-25-17/h5-8,11-14,20H,3-4,9-10H2,1-2H3,(H,23,24). The van der Waals surface area contributed by atoms with Crippen molar-refractivity contribution in [2.75, 3.05) is 13.2 Å². The lowest BCUT2D eigenvalue weighted by Crippen LogP contribution is -2.30. The second kappa shape index (κ2) is 7.47. The molecule has 1 unspecified atom stereocenters. The summed E-state index contributed by atoms with van der Waals surface area (Å²) in [5.74, 6) is 2.34. The molecule has 142 valence electrons. The normalized spacial score (nSPS) is 16.7. The fourth-order valence-electron chi connectivity index (χ4n) is 3.21. The van der Waals surface area contributed by atoms with Crippen molar-refractivity contribution in [3.63, 3.8) is 0 Å². The van der Waals surface area contributed by atoms with Crippen LogP contribution in [0.2, 0.25) is 0 Å². The average molecular weight is 368 g/mol. The first-order chi connectivity index (χ1) is 13.1. The zero-order chi connectivity index (χ0) is 18.8. The van der Waals surface area contributed by atoms with Gasteiger partial charge in [0.1, 0.15) is 13.2 Å². The van der Waals surface area contributed by atoms with Crippen molar-refractivity contribution in [1.82, 2.24) is 10.3 Å². The molecular weight excluding hydrogens is 344 g/mol. The predicted molar refractivity (Wildman–Crippen MR) is 100 cm³/mol. The Balaban J connectivity index is 1.49. The number of hydrogen-bond donors (Lipinski definition) is 1. The quantitative estimate of drug-likeness (QED) is 0.845. The topological polar surface area (TPSA) is 69.7 Å². The summed E-state index contributed by atoms with van der Waals surface area (Å²) in [7, 11) is 0. The maximum atomic E-state index is 12.7. The largest absolute Gasteiger partial charge is 0.486 e. The molecule has 1 saturated carbocycles. The second-order valence-electron chi connectivity index (χ2n) is 7.24. The molecule has 1 N–H and O–H groups in total. The van der Waals surface area contributed by atoms with Crippen molar-refractivity contribution in [1.29, 1.82) is 0 Å². The molecule has 27 heavy (non-hydrogen) atoms. The van der Waals surface area contributed by atoms with E-state index in [0.29, 0.717) is 30.6 Å². The van der Waals surface area contributed by atoms with Crippen LogP contribution in [0.25, 0.3) is 0 Å². The molecule has 2 heterocycles. The van der Waals surface area contributed by atoms with Crippen molar-refractivity contribution >= 4 is 5.91 Å². The van der Waals surface area contributed by atoms with Crippen LogP contribution >= 0.6 is 0 Å². The molecule has 2 aromatic rings. The zero-order valence-electron chi connectivity index (χ0n) is 15.6. The highest BCUT2D eigenvalue weighted by atomic mass is 16.6. The molecular formula is C21H24N2O4. The van der Waals surface area contributed by atoms with Gasteiger partial charge in [0.25, 0.3) is 5.91 Å². The Labute approximate surface area is 158 Å². The fraction of sp³-hybridized carbons (Fsp3) is 0.429. The number of hydrogen-bond acceptors (Lipinski definition) is 5. The minimum atomic E-state index is -0.134. The summed E-state index contributed by atoms with van der Waals surface area (Å²) >= 11 is 0. The van der Waals surface area contributed by atoms with Gasteiger partial charge in [-0.2, -0.15) is 0 Å². The molecule has 1 aromatic carbocycles. The van der Waals surface area contributed by atoms with Crippen LogP contribution in [0.3, 0.4) is 0 Å². The smallest absolute Gasteiger partial charge is 0.253 e. The van der Waals surface area contributed by atoms with Crippen LogP contribution in [0.1, 0.15) is 48.7 Å². The van der Waals surface area contributed by atoms with Gasteiger partial charge < -0.3 is 19.5 Å². The number of rotatable bonds is 6. The van der Waals surface area contributed by atoms with Crippen LogP contribution in [-0.2, 0) is 0 Å². The van der Waals surface area contributed by atoms with Gasteiger partial charge in [-0.05, 0) is 56.4 Å². The molecule has 1 aliphatic carbocycles. The Bertz CT molecular complexity index is 815. The lowest BCUT2D eigenvalue weighted by atomic mass is 10.0. The van der Waals surface area contributed by atoms with Crippen LogP contribution in [-0.4, -0.2) is 30.2 Å². The maximum absolute atomic E-state index is 12.7. The Kier molecular flexibility index (Phi) is 4.88. The van der Waals surface area contributed by atoms with Gasteiger partial charge in [0.2, 0.25) is 5.88 Å². The summed E-state index contributed by atoms with van der Waals surface area (Å²) in [5.41, 5.74) is 1.57. The summed E-state index contributed by atoms with van der Waals surface area (Å²) < 4.78 is 16.8. The third kappa shape index (κ3) is 4.15. The number of nitrogens with zero attached hydrogens (tertiary/aromatic N) is 1. The predicted octanol–water partition coefficient (Wildman–Crippen LogP) is 3.52. The van der Waals surface area contributed by atoms with Crippen LogP contribution in [0.4, 0.5) is 0 Å². The fourth-order valence-corrected chi connectivity index (χ4v) is 3.21. The SMILES string of the molecule is CC(C)Oc1ccc(C(=O)NC(c2ccc3c(c2)OCCO3)C2CC2)cn1. The van der Waals surface area contributed by atoms with Crippen LogP contribution in [0, 0.1) is 5.92 Å². The van der Waals surface area contributed by atoms with Crippen molar-refractivity contribution in [2.45, 2.75) is 38.8 Å². The van der Waals surface area contributed by atoms with Crippen LogP contribution < -0.4 is 19.5 Å². The summed E-state index contributed by atoms with van der Waals surface area (Å²) in [4.78, 5) is 17.0. The lowest BCUT2D eigenvalue weighted by molar-refractivity contribution is 0.0931. The molecule has 0 spiro atoms. The first-order valence-corrected chi connectivity index (χ1v) is 9.43. The number of carbonyl (C=O) groups is 1. The number of carbonyl (C=O) groups excluding carboxylic acids is 1. The van der Waals surface area contributed by atoms with Gasteiger partial charge in [-0.15, -0.1) is 0 Å². The molecule has 6 nitrogen and oxygen atoms in total. The van der Waals surface area contributed by atoms with Crippen molar-refractivity contribution in [3.05, 3.63) is 47.7 Å². The third-order valence-electron chi connectivity index (χ3n) is 4.66. The second-order valence-corrected chi connectivity index (χ2v) is 7.24. The molecule has 6 heteroatoms. The Morgan fingerprint density at radius 1 is 1.15 bits per heavy atom. The Morgan fingerprint density at radius 2 is 1.93 bits per heavy atom. The molecule has 0 radical (unpaired) electrons. The van der Waals surface area contributed by atoms with Crippen LogP contribution in [0.15, 0.2) is 36.5 Å². The molecule has 1 aliphatic heterocycles. The summed E-state index contributed by atoms with van der Waals surface area (Å²) in [6, 6.07) is 9.34. The highest BCUT2D eigenvalue weighted by Crippen LogP contribution is 2.43. The number of aromatic nitrogens is 1. The number of benzene rings is 1. The monoisotopic (exact) mass is 368 g/mol. The molecule has 4 rings (SSSR count). The molecule has 0 bridgehead atoms. The van der Waals surface area contributed by atoms with E-state index in [9.17, 15) is 4.79 Å². The van der Waals surface area contributed by atoms with Gasteiger partial charge in [0, 0.05) is 12.3 Å². The average Bonchev–Trinajstić information content (AvgIpc) is 3.51. The third-order valence-corrected chi connectivity index (χ3v) is 4.66. The highest BCUT2D eigenvalue weighted by molar-refractivity contribution is 5.94. The van der Waals surface area contributed by atoms with Gasteiger partial charge in [0.05, 0.1) is 17.7 Å². The number of ether oxygens (including phenoxy) is 3. The van der Waals surface area contributed by atoms with E-state index < -0.39 is 0 Å². The minimum Gasteiger partial charge on any atom is -0.486 e. The molecule has 2 aliphatic rings. The maximum Gasteiger partial charge on any atom is 0.253 e. The number of amides is 1. The number of pyridine rings is 1. The minimum absolute atomic E-state index is 0.0417. The van der Waals surface area contributed by atoms with Crippen molar-refractivity contribution in [2.24, 2.45) is 5.92 Å². The van der Waals surface area contributed by atoms with E-state index in [2.05, 4.69) is 10.3 Å². The van der Waals surface area contributed by atoms with E-state index in [1.54, 1.807) is 18.3 Å². The van der Waals surface area contributed by atoms with Gasteiger partial charge in [-0.25, -0.2) is 4.98 Å². The molecule has 1 atom stereocenters. The number of nitrogens with one attached hydrogen (secondary N) is 1. The highest BCUT2D eigenvalue weighted by Gasteiger charge is 2.34. The van der Waals surface area contributed by atoms with E-state index in [1.807, 2.05) is 32.0 Å². The lowest BCUT2D eigenvalue weighted by Gasteiger charge is -2.23. The van der Waals surface area contributed by atoms with E-state index in [1.165, 1.54) is 0 Å². The van der Waals surface area contributed by atoms with Gasteiger partial charge >= 0.3 is 0 Å². The van der Waals surface area contributed by atoms with Gasteiger partial charge in [0.15, 0.2) is 11.5 Å². The summed E-state index contributed by atoms with van der Waals surface area (Å²) in [6.45, 7) is 5.00. The molecule has 1 amide bonds. The first-order valence-electron chi connectivity index (χ1n) is 9.43. The van der Waals surface area contributed by atoms with E-state index in [0.717, 1.165) is 29.9 Å². The Hall–Kier alpha value is -2.76. The van der Waals surface area contributed by atoms with Gasteiger partial charge in [-0.1, -0.05) is 6.07 Å². The Morgan fingerprint density at radius 3 is 2.59 bits per heavy atom. The van der Waals surface area contributed by atoms with E-state index in [-0.39, 0.29) is 18.1 Å². The van der Waals surface area contributed by atoms with Crippen molar-refractivity contribution in [3.8, 4) is 17.4 Å².